The molecule has 1 saturated carbocycles. The highest BCUT2D eigenvalue weighted by Crippen LogP contribution is 2.41. The van der Waals surface area contributed by atoms with E-state index >= 15 is 0 Å². The number of nitrogens with one attached hydrogen (secondary N) is 1. The van der Waals surface area contributed by atoms with E-state index in [0.717, 1.165) is 0 Å². The van der Waals surface area contributed by atoms with Gasteiger partial charge in [0.05, 0.1) is 11.8 Å². The first kappa shape index (κ1) is 14.7. The fourth-order valence-corrected chi connectivity index (χ4v) is 2.09. The van der Waals surface area contributed by atoms with Crippen LogP contribution in [0.5, 0.6) is 0 Å². The molecule has 5 nitrogen and oxygen atoms in total. The zero-order valence-electron chi connectivity index (χ0n) is 9.63. The van der Waals surface area contributed by atoms with Gasteiger partial charge in [0.1, 0.15) is 0 Å². The number of carbonyl (C=O) groups excluding carboxylic acids is 2. The highest BCUT2D eigenvalue weighted by atomic mass is 19.4. The van der Waals surface area contributed by atoms with Crippen molar-refractivity contribution < 1.29 is 27.6 Å². The molecule has 0 spiro atoms. The molecule has 0 bridgehead atoms. The van der Waals surface area contributed by atoms with E-state index in [4.69, 9.17) is 5.73 Å². The van der Waals surface area contributed by atoms with Crippen LogP contribution in [0, 0.1) is 11.8 Å². The van der Waals surface area contributed by atoms with Gasteiger partial charge in [-0.3, -0.25) is 14.4 Å². The summed E-state index contributed by atoms with van der Waals surface area (Å²) in [6.45, 7) is -0.560. The number of hydrogen-bond donors (Lipinski definition) is 2. The highest BCUT2D eigenvalue weighted by Gasteiger charge is 2.48. The summed E-state index contributed by atoms with van der Waals surface area (Å²) in [6, 6.07) is 0. The summed E-state index contributed by atoms with van der Waals surface area (Å²) >= 11 is 0. The zero-order chi connectivity index (χ0) is 13.8. The average molecular weight is 268 g/mol. The van der Waals surface area contributed by atoms with Crippen LogP contribution in [0.15, 0.2) is 0 Å². The second-order valence-corrected chi connectivity index (χ2v) is 4.26. The first-order valence-corrected chi connectivity index (χ1v) is 5.59. The van der Waals surface area contributed by atoms with Crippen molar-refractivity contribution in [2.45, 2.75) is 31.9 Å². The Kier molecular flexibility index (Phi) is 4.94. The molecule has 2 atom stereocenters. The molecule has 0 radical (unpaired) electrons. The molecule has 1 aliphatic rings. The van der Waals surface area contributed by atoms with Gasteiger partial charge >= 0.3 is 6.18 Å². The highest BCUT2D eigenvalue weighted by molar-refractivity contribution is 5.79. The van der Waals surface area contributed by atoms with Gasteiger partial charge in [0, 0.05) is 0 Å². The Balaban J connectivity index is 2.55. The van der Waals surface area contributed by atoms with Crippen molar-refractivity contribution in [1.82, 2.24) is 5.48 Å². The lowest BCUT2D eigenvalue weighted by molar-refractivity contribution is -0.201. The van der Waals surface area contributed by atoms with Gasteiger partial charge in [-0.2, -0.15) is 13.2 Å². The summed E-state index contributed by atoms with van der Waals surface area (Å²) < 4.78 is 38.1. The second kappa shape index (κ2) is 6.03. The molecule has 0 aromatic rings. The van der Waals surface area contributed by atoms with Crippen LogP contribution in [0.25, 0.3) is 0 Å². The van der Waals surface area contributed by atoms with Gasteiger partial charge < -0.3 is 5.73 Å². The third kappa shape index (κ3) is 4.17. The number of halogens is 3. The van der Waals surface area contributed by atoms with Crippen LogP contribution in [0.4, 0.5) is 13.2 Å². The first-order valence-electron chi connectivity index (χ1n) is 5.59. The smallest absolute Gasteiger partial charge is 0.368 e. The molecule has 0 unspecified atom stereocenters. The third-order valence-corrected chi connectivity index (χ3v) is 2.91. The molecule has 0 aliphatic heterocycles. The van der Waals surface area contributed by atoms with Crippen molar-refractivity contribution in [2.24, 2.45) is 17.6 Å². The van der Waals surface area contributed by atoms with Crippen LogP contribution < -0.4 is 11.2 Å². The molecule has 0 saturated heterocycles. The van der Waals surface area contributed by atoms with Crippen LogP contribution in [0.1, 0.15) is 25.7 Å². The van der Waals surface area contributed by atoms with Crippen LogP contribution >= 0.6 is 0 Å². The van der Waals surface area contributed by atoms with Crippen molar-refractivity contribution in [3.05, 3.63) is 0 Å². The Hall–Kier alpha value is -1.31. The molecule has 3 N–H and O–H groups in total. The van der Waals surface area contributed by atoms with Gasteiger partial charge in [0.2, 0.25) is 11.8 Å². The lowest BCUT2D eigenvalue weighted by Gasteiger charge is -2.31. The van der Waals surface area contributed by atoms with Gasteiger partial charge in [-0.05, 0) is 12.8 Å². The maximum absolute atomic E-state index is 12.7. The molecular formula is C10H15F3N2O3. The fraction of sp³-hybridized carbons (Fsp3) is 0.800. The number of carbonyl (C=O) groups is 2. The van der Waals surface area contributed by atoms with Gasteiger partial charge in [-0.25, -0.2) is 5.48 Å². The predicted molar refractivity (Wildman–Crippen MR) is 54.8 cm³/mol. The summed E-state index contributed by atoms with van der Waals surface area (Å²) in [5.74, 6) is -4.47. The molecule has 18 heavy (non-hydrogen) atoms. The van der Waals surface area contributed by atoms with Gasteiger partial charge in [-0.1, -0.05) is 12.8 Å². The maximum atomic E-state index is 12.7. The van der Waals surface area contributed by atoms with Crippen LogP contribution in [-0.2, 0) is 14.4 Å². The second-order valence-electron chi connectivity index (χ2n) is 4.26. The standard InChI is InChI=1S/C10H15F3N2O3/c11-10(12,13)7-4-2-1-3-6(7)9(17)15-18-5-8(14)16/h6-7H,1-5H2,(H2,14,16)(H,15,17)/t6-,7-/m0/s1. The normalized spacial score (nSPS) is 24.6. The van der Waals surface area contributed by atoms with Crippen molar-refractivity contribution in [3.8, 4) is 0 Å². The quantitative estimate of drug-likeness (QED) is 0.743. The van der Waals surface area contributed by atoms with Gasteiger partial charge in [0.15, 0.2) is 6.61 Å². The van der Waals surface area contributed by atoms with E-state index in [2.05, 4.69) is 4.84 Å². The van der Waals surface area contributed by atoms with Gasteiger partial charge in [-0.15, -0.1) is 0 Å². The van der Waals surface area contributed by atoms with E-state index in [0.29, 0.717) is 12.8 Å². The van der Waals surface area contributed by atoms with Crippen molar-refractivity contribution in [1.29, 1.82) is 0 Å². The molecule has 8 heteroatoms. The summed E-state index contributed by atoms with van der Waals surface area (Å²) in [5.41, 5.74) is 6.60. The number of amides is 2. The average Bonchev–Trinajstić information content (AvgIpc) is 2.27. The van der Waals surface area contributed by atoms with E-state index in [1.165, 1.54) is 0 Å². The SMILES string of the molecule is NC(=O)CONC(=O)[C@H]1CCCC[C@@H]1C(F)(F)F. The fourth-order valence-electron chi connectivity index (χ4n) is 2.09. The molecule has 0 aromatic heterocycles. The Labute approximate surface area is 102 Å². The van der Waals surface area contributed by atoms with Gasteiger partial charge in [0.25, 0.3) is 0 Å². The number of alkyl halides is 3. The summed E-state index contributed by atoms with van der Waals surface area (Å²) in [5, 5.41) is 0. The lowest BCUT2D eigenvalue weighted by atomic mass is 9.78. The molecule has 1 fully saturated rings. The van der Waals surface area contributed by atoms with Crippen molar-refractivity contribution in [3.63, 3.8) is 0 Å². The Bertz CT molecular complexity index is 320. The lowest BCUT2D eigenvalue weighted by Crippen LogP contribution is -2.43. The first-order chi connectivity index (χ1) is 8.32. The monoisotopic (exact) mass is 268 g/mol. The number of hydroxylamine groups is 1. The summed E-state index contributed by atoms with van der Waals surface area (Å²) in [4.78, 5) is 26.3. The molecular weight excluding hydrogens is 253 g/mol. The van der Waals surface area contributed by atoms with Crippen LogP contribution in [0.2, 0.25) is 0 Å². The number of hydrogen-bond acceptors (Lipinski definition) is 3. The molecule has 2 amide bonds. The number of rotatable bonds is 4. The Morgan fingerprint density at radius 2 is 1.89 bits per heavy atom. The molecule has 1 rings (SSSR count). The Morgan fingerprint density at radius 3 is 2.44 bits per heavy atom. The van der Waals surface area contributed by atoms with Crippen molar-refractivity contribution in [2.75, 3.05) is 6.61 Å². The molecule has 104 valence electrons. The largest absolute Gasteiger partial charge is 0.392 e. The summed E-state index contributed by atoms with van der Waals surface area (Å²) in [7, 11) is 0. The van der Waals surface area contributed by atoms with E-state index in [1.54, 1.807) is 0 Å². The van der Waals surface area contributed by atoms with E-state index in [9.17, 15) is 22.8 Å². The van der Waals surface area contributed by atoms with Crippen molar-refractivity contribution >= 4 is 11.8 Å². The van der Waals surface area contributed by atoms with Crippen LogP contribution in [-0.4, -0.2) is 24.6 Å². The molecule has 0 heterocycles. The number of primary amides is 1. The minimum absolute atomic E-state index is 0.0581. The molecule has 0 aromatic carbocycles. The maximum Gasteiger partial charge on any atom is 0.392 e. The third-order valence-electron chi connectivity index (χ3n) is 2.91. The van der Waals surface area contributed by atoms with Crippen LogP contribution in [0.3, 0.4) is 0 Å². The minimum atomic E-state index is -4.40. The molecule has 1 aliphatic carbocycles. The minimum Gasteiger partial charge on any atom is -0.368 e. The van der Waals surface area contributed by atoms with E-state index in [1.807, 2.05) is 5.48 Å². The van der Waals surface area contributed by atoms with E-state index < -0.39 is 36.4 Å². The number of nitrogens with two attached hydrogens (primary N) is 1. The van der Waals surface area contributed by atoms with E-state index in [-0.39, 0.29) is 12.8 Å². The Morgan fingerprint density at radius 1 is 1.28 bits per heavy atom. The topological polar surface area (TPSA) is 81.4 Å². The summed E-state index contributed by atoms with van der Waals surface area (Å²) in [6.07, 6.45) is -3.27. The predicted octanol–water partition coefficient (Wildman–Crippen LogP) is 0.888. The zero-order valence-corrected chi connectivity index (χ0v) is 9.63.